The minimum absolute atomic E-state index is 0.638. The van der Waals surface area contributed by atoms with Gasteiger partial charge >= 0.3 is 151 Å². The summed E-state index contributed by atoms with van der Waals surface area (Å²) in [4.78, 5) is 4.77. The molecule has 0 N–H and O–H groups in total. The van der Waals surface area contributed by atoms with Crippen molar-refractivity contribution in [2.45, 2.75) is 82.0 Å². The molecule has 0 fully saturated rings. The molecule has 2 radical (unpaired) electrons. The first-order chi connectivity index (χ1) is 10.2. The molecule has 1 aromatic heterocycles. The van der Waals surface area contributed by atoms with E-state index in [-0.39, 0.29) is 0 Å². The van der Waals surface area contributed by atoms with Crippen LogP contribution in [-0.2, 0) is 0 Å². The zero-order valence-corrected chi connectivity index (χ0v) is 18.4. The Morgan fingerprint density at radius 2 is 1.48 bits per heavy atom. The van der Waals surface area contributed by atoms with Crippen molar-refractivity contribution in [3.8, 4) is 0 Å². The molecule has 0 aromatic carbocycles. The van der Waals surface area contributed by atoms with E-state index in [1.54, 1.807) is 0 Å². The molecule has 0 atom stereocenters. The van der Waals surface area contributed by atoms with E-state index >= 15 is 0 Å². The Kier molecular flexibility index (Phi) is 10.2. The fourth-order valence-electron chi connectivity index (χ4n) is 2.86. The van der Waals surface area contributed by atoms with Crippen molar-refractivity contribution < 1.29 is 0 Å². The molecule has 0 saturated carbocycles. The number of aromatic nitrogens is 1. The number of nitrogens with zero attached hydrogens (tertiary/aromatic N) is 1. The Balaban J connectivity index is 2.88. The first kappa shape index (κ1) is 19.5. The monoisotopic (exact) mass is 459 g/mol. The van der Waals surface area contributed by atoms with Crippen LogP contribution in [0.15, 0.2) is 22.8 Å². The van der Waals surface area contributed by atoms with Crippen LogP contribution in [0.3, 0.4) is 0 Å². The van der Waals surface area contributed by atoms with Gasteiger partial charge in [0.15, 0.2) is 0 Å². The molecule has 0 unspecified atom stereocenters. The Hall–Kier alpha value is 0.429. The van der Waals surface area contributed by atoms with Crippen molar-refractivity contribution in [3.05, 3.63) is 22.8 Å². The van der Waals surface area contributed by atoms with Gasteiger partial charge in [0.1, 0.15) is 0 Å². The van der Waals surface area contributed by atoms with Gasteiger partial charge in [0.2, 0.25) is 0 Å². The quantitative estimate of drug-likeness (QED) is 0.297. The van der Waals surface area contributed by atoms with Crippen LogP contribution in [0.5, 0.6) is 0 Å². The molecular weight excluding hydrogens is 429 g/mol. The van der Waals surface area contributed by atoms with Gasteiger partial charge in [-0.1, -0.05) is 0 Å². The average Bonchev–Trinajstić information content (AvgIpc) is 2.48. The summed E-state index contributed by atoms with van der Waals surface area (Å²) in [7, 11) is 0. The van der Waals surface area contributed by atoms with Crippen molar-refractivity contribution in [1.29, 1.82) is 0 Å². The first-order valence-electron chi connectivity index (χ1n) is 8.56. The maximum atomic E-state index is 4.77. The van der Waals surface area contributed by atoms with E-state index in [9.17, 15) is 0 Å². The molecule has 0 amide bonds. The molecule has 3 heteroatoms. The standard InChI is InChI=1S/C13H27.C5H3BrN.Sn/c1-4-7-10-13(11-8-5-2)12-9-6-3;6-5-3-1-2-4-7-5;/h4-12H2,1-3H3;1-3H;. The molecule has 1 heterocycles. The van der Waals surface area contributed by atoms with Gasteiger partial charge in [-0.2, -0.15) is 0 Å². The third kappa shape index (κ3) is 7.49. The number of rotatable bonds is 11. The second kappa shape index (κ2) is 11.0. The second-order valence-corrected chi connectivity index (χ2v) is 12.1. The third-order valence-corrected chi connectivity index (χ3v) is 9.76. The summed E-state index contributed by atoms with van der Waals surface area (Å²) in [5.41, 5.74) is 0. The van der Waals surface area contributed by atoms with Crippen molar-refractivity contribution in [3.63, 3.8) is 0 Å². The molecule has 0 aliphatic rings. The van der Waals surface area contributed by atoms with Crippen LogP contribution in [0.1, 0.15) is 78.6 Å². The zero-order chi connectivity index (χ0) is 15.6. The van der Waals surface area contributed by atoms with E-state index in [1.807, 2.05) is 0 Å². The molecule has 0 aliphatic carbocycles. The van der Waals surface area contributed by atoms with Crippen LogP contribution in [0.2, 0.25) is 3.43 Å². The van der Waals surface area contributed by atoms with Gasteiger partial charge in [0.25, 0.3) is 0 Å². The van der Waals surface area contributed by atoms with Crippen molar-refractivity contribution >= 4 is 40.8 Å². The van der Waals surface area contributed by atoms with Crippen molar-refractivity contribution in [2.75, 3.05) is 0 Å². The predicted molar refractivity (Wildman–Crippen MR) is 98.6 cm³/mol. The molecule has 0 spiro atoms. The summed E-state index contributed by atoms with van der Waals surface area (Å²) in [5.74, 6) is 0. The fourth-order valence-corrected chi connectivity index (χ4v) is 8.82. The van der Waals surface area contributed by atoms with Gasteiger partial charge in [-0.25, -0.2) is 0 Å². The van der Waals surface area contributed by atoms with Crippen LogP contribution < -0.4 is 3.71 Å². The average molecular weight is 459 g/mol. The van der Waals surface area contributed by atoms with E-state index in [4.69, 9.17) is 4.98 Å². The van der Waals surface area contributed by atoms with Gasteiger partial charge < -0.3 is 0 Å². The van der Waals surface area contributed by atoms with E-state index in [0.29, 0.717) is 3.43 Å². The Morgan fingerprint density at radius 1 is 0.952 bits per heavy atom. The topological polar surface area (TPSA) is 12.9 Å². The Labute approximate surface area is 150 Å². The number of halogens is 1. The molecule has 0 bridgehead atoms. The van der Waals surface area contributed by atoms with E-state index in [0.717, 1.165) is 4.60 Å². The molecule has 1 nitrogen and oxygen atoms in total. The van der Waals surface area contributed by atoms with Crippen LogP contribution in [-0.4, -0.2) is 26.1 Å². The molecule has 1 aromatic rings. The molecular formula is C18H30BrNSn. The van der Waals surface area contributed by atoms with Crippen molar-refractivity contribution in [1.82, 2.24) is 4.98 Å². The Bertz CT molecular complexity index is 373. The molecule has 0 aliphatic heterocycles. The first-order valence-corrected chi connectivity index (χ1v) is 12.2. The van der Waals surface area contributed by atoms with E-state index in [2.05, 4.69) is 54.9 Å². The summed E-state index contributed by atoms with van der Waals surface area (Å²) in [6, 6.07) is 6.49. The van der Waals surface area contributed by atoms with Gasteiger partial charge in [-0.05, 0) is 0 Å². The maximum absolute atomic E-state index is 4.77. The third-order valence-electron chi connectivity index (χ3n) is 4.13. The van der Waals surface area contributed by atoms with Gasteiger partial charge in [0.05, 0.1) is 0 Å². The zero-order valence-electron chi connectivity index (χ0n) is 13.9. The summed E-state index contributed by atoms with van der Waals surface area (Å²) < 4.78 is 3.08. The summed E-state index contributed by atoms with van der Waals surface area (Å²) in [6.45, 7) is 6.98. The molecule has 1 rings (SSSR count). The Morgan fingerprint density at radius 3 is 1.90 bits per heavy atom. The number of pyridine rings is 1. The molecule has 21 heavy (non-hydrogen) atoms. The van der Waals surface area contributed by atoms with Crippen LogP contribution in [0.4, 0.5) is 0 Å². The van der Waals surface area contributed by atoms with E-state index in [1.165, 1.54) is 61.5 Å². The summed E-state index contributed by atoms with van der Waals surface area (Å²) >= 11 is 2.89. The summed E-state index contributed by atoms with van der Waals surface area (Å²) in [6.07, 6.45) is 12.5. The van der Waals surface area contributed by atoms with Gasteiger partial charge in [-0.3, -0.25) is 0 Å². The van der Waals surface area contributed by atoms with Crippen LogP contribution >= 0.6 is 15.9 Å². The van der Waals surface area contributed by atoms with Gasteiger partial charge in [0, 0.05) is 0 Å². The normalized spacial score (nSPS) is 11.8. The van der Waals surface area contributed by atoms with Crippen LogP contribution in [0.25, 0.3) is 0 Å². The minimum atomic E-state index is -0.658. The van der Waals surface area contributed by atoms with E-state index < -0.39 is 21.1 Å². The summed E-state index contributed by atoms with van der Waals surface area (Å²) in [5, 5.41) is 0. The fraction of sp³-hybridized carbons (Fsp3) is 0.722. The number of hydrogen-bond acceptors (Lipinski definition) is 1. The predicted octanol–water partition coefficient (Wildman–Crippen LogP) is 5.90. The SMILES string of the molecule is CCCC[C](CCCC)(CCCC)[Sn][c]1cccc(Br)n1. The molecule has 0 saturated heterocycles. The number of hydrogen-bond donors (Lipinski definition) is 0. The van der Waals surface area contributed by atoms with Crippen molar-refractivity contribution in [2.24, 2.45) is 0 Å². The molecule has 118 valence electrons. The van der Waals surface area contributed by atoms with Crippen LogP contribution in [0, 0.1) is 0 Å². The number of unbranched alkanes of at least 4 members (excludes halogenated alkanes) is 3. The second-order valence-electron chi connectivity index (χ2n) is 6.06. The van der Waals surface area contributed by atoms with Gasteiger partial charge in [-0.15, -0.1) is 0 Å².